The van der Waals surface area contributed by atoms with E-state index in [1.165, 1.54) is 0 Å². The molecule has 0 aliphatic rings. The fourth-order valence-corrected chi connectivity index (χ4v) is 4.74. The van der Waals surface area contributed by atoms with Crippen LogP contribution in [0.25, 0.3) is 10.8 Å². The summed E-state index contributed by atoms with van der Waals surface area (Å²) in [4.78, 5) is 12.6. The standard InChI is InChI=1S/C21H29O6P/c1-6-25-28(23,26-7-2)14-15(3)27-21(22)16(4)17-8-9-19-13-20(24-5)11-10-18(19)12-17/h8-13,15-16H,6-7,14H2,1-5H3/t15-,16-/m0/s1. The first-order valence-corrected chi connectivity index (χ1v) is 11.2. The van der Waals surface area contributed by atoms with Gasteiger partial charge in [0.1, 0.15) is 11.9 Å². The van der Waals surface area contributed by atoms with E-state index >= 15 is 0 Å². The van der Waals surface area contributed by atoms with Crippen LogP contribution in [0.1, 0.15) is 39.2 Å². The lowest BCUT2D eigenvalue weighted by atomic mass is 9.98. The van der Waals surface area contributed by atoms with Gasteiger partial charge in [-0.05, 0) is 56.2 Å². The molecule has 0 bridgehead atoms. The first-order valence-electron chi connectivity index (χ1n) is 9.48. The molecule has 0 radical (unpaired) electrons. The van der Waals surface area contributed by atoms with Crippen LogP contribution in [-0.4, -0.2) is 38.6 Å². The molecule has 0 heterocycles. The van der Waals surface area contributed by atoms with Gasteiger partial charge in [0.2, 0.25) is 0 Å². The largest absolute Gasteiger partial charge is 0.497 e. The van der Waals surface area contributed by atoms with E-state index in [2.05, 4.69) is 0 Å². The molecule has 2 atom stereocenters. The van der Waals surface area contributed by atoms with Crippen LogP contribution in [0.3, 0.4) is 0 Å². The smallest absolute Gasteiger partial charge is 0.334 e. The lowest BCUT2D eigenvalue weighted by Crippen LogP contribution is -2.23. The lowest BCUT2D eigenvalue weighted by molar-refractivity contribution is -0.148. The van der Waals surface area contributed by atoms with Crippen LogP contribution in [0.15, 0.2) is 36.4 Å². The summed E-state index contributed by atoms with van der Waals surface area (Å²) in [5, 5.41) is 2.05. The molecule has 0 spiro atoms. The van der Waals surface area contributed by atoms with Crippen molar-refractivity contribution in [2.45, 2.75) is 39.7 Å². The van der Waals surface area contributed by atoms with Crippen LogP contribution in [0, 0.1) is 0 Å². The number of esters is 1. The van der Waals surface area contributed by atoms with E-state index < -0.39 is 19.6 Å². The molecule has 28 heavy (non-hydrogen) atoms. The van der Waals surface area contributed by atoms with E-state index in [1.807, 2.05) is 36.4 Å². The zero-order chi connectivity index (χ0) is 20.7. The highest BCUT2D eigenvalue weighted by atomic mass is 31.2. The number of methoxy groups -OCH3 is 1. The fourth-order valence-electron chi connectivity index (χ4n) is 2.96. The van der Waals surface area contributed by atoms with E-state index in [-0.39, 0.29) is 25.3 Å². The maximum absolute atomic E-state index is 12.6. The molecule has 0 amide bonds. The van der Waals surface area contributed by atoms with Gasteiger partial charge < -0.3 is 18.5 Å². The summed E-state index contributed by atoms with van der Waals surface area (Å²) in [5.41, 5.74) is 0.854. The molecule has 0 aliphatic carbocycles. The summed E-state index contributed by atoms with van der Waals surface area (Å²) >= 11 is 0. The van der Waals surface area contributed by atoms with Gasteiger partial charge in [0.05, 0.1) is 32.4 Å². The predicted octanol–water partition coefficient (Wildman–Crippen LogP) is 5.15. The van der Waals surface area contributed by atoms with Crippen molar-refractivity contribution < 1.29 is 27.9 Å². The highest BCUT2D eigenvalue weighted by molar-refractivity contribution is 7.53. The van der Waals surface area contributed by atoms with Crippen LogP contribution in [0.5, 0.6) is 5.75 Å². The Morgan fingerprint density at radius 1 is 1.00 bits per heavy atom. The third-order valence-electron chi connectivity index (χ3n) is 4.37. The summed E-state index contributed by atoms with van der Waals surface area (Å²) < 4.78 is 33.9. The molecule has 0 aliphatic heterocycles. The quantitative estimate of drug-likeness (QED) is 0.400. The molecular weight excluding hydrogens is 379 g/mol. The van der Waals surface area contributed by atoms with Gasteiger partial charge in [0.15, 0.2) is 0 Å². The molecule has 0 fully saturated rings. The normalized spacial score (nSPS) is 13.9. The van der Waals surface area contributed by atoms with Crippen molar-refractivity contribution in [1.29, 1.82) is 0 Å². The van der Waals surface area contributed by atoms with Gasteiger partial charge in [-0.15, -0.1) is 0 Å². The second-order valence-corrected chi connectivity index (χ2v) is 8.67. The Balaban J connectivity index is 2.07. The van der Waals surface area contributed by atoms with Crippen LogP contribution < -0.4 is 4.74 Å². The van der Waals surface area contributed by atoms with Crippen molar-refractivity contribution in [3.63, 3.8) is 0 Å². The van der Waals surface area contributed by atoms with E-state index in [4.69, 9.17) is 18.5 Å². The second kappa shape index (κ2) is 10.1. The van der Waals surface area contributed by atoms with Gasteiger partial charge in [-0.2, -0.15) is 0 Å². The Hall–Kier alpha value is -1.88. The van der Waals surface area contributed by atoms with Crippen LogP contribution >= 0.6 is 7.60 Å². The third kappa shape index (κ3) is 5.81. The molecule has 0 aromatic heterocycles. The van der Waals surface area contributed by atoms with Gasteiger partial charge in [0.25, 0.3) is 0 Å². The molecule has 0 saturated carbocycles. The molecule has 0 N–H and O–H groups in total. The number of benzene rings is 2. The maximum atomic E-state index is 12.6. The Kier molecular flexibility index (Phi) is 8.05. The van der Waals surface area contributed by atoms with Gasteiger partial charge in [0, 0.05) is 0 Å². The molecule has 154 valence electrons. The van der Waals surface area contributed by atoms with Gasteiger partial charge in [-0.25, -0.2) is 0 Å². The topological polar surface area (TPSA) is 71.1 Å². The minimum Gasteiger partial charge on any atom is -0.497 e. The molecule has 0 unspecified atom stereocenters. The number of fused-ring (bicyclic) bond motifs is 1. The maximum Gasteiger partial charge on any atom is 0.334 e. The van der Waals surface area contributed by atoms with Crippen molar-refractivity contribution in [2.75, 3.05) is 26.5 Å². The zero-order valence-electron chi connectivity index (χ0n) is 17.1. The van der Waals surface area contributed by atoms with Gasteiger partial charge >= 0.3 is 13.6 Å². The number of carbonyl (C=O) groups excluding carboxylic acids is 1. The summed E-state index contributed by atoms with van der Waals surface area (Å²) in [6.07, 6.45) is -0.548. The van der Waals surface area contributed by atoms with Gasteiger partial charge in [-0.1, -0.05) is 24.3 Å². The van der Waals surface area contributed by atoms with Crippen LogP contribution in [0.4, 0.5) is 0 Å². The molecule has 7 heteroatoms. The Labute approximate surface area is 166 Å². The van der Waals surface area contributed by atoms with E-state index in [1.54, 1.807) is 34.8 Å². The average molecular weight is 408 g/mol. The summed E-state index contributed by atoms with van der Waals surface area (Å²) in [7, 11) is -1.63. The van der Waals surface area contributed by atoms with Crippen molar-refractivity contribution in [2.24, 2.45) is 0 Å². The first-order chi connectivity index (χ1) is 13.3. The molecule has 2 rings (SSSR count). The second-order valence-electron chi connectivity index (χ2n) is 6.57. The van der Waals surface area contributed by atoms with Crippen molar-refractivity contribution in [1.82, 2.24) is 0 Å². The number of hydrogen-bond acceptors (Lipinski definition) is 6. The van der Waals surface area contributed by atoms with E-state index in [9.17, 15) is 9.36 Å². The Morgan fingerprint density at radius 2 is 1.61 bits per heavy atom. The predicted molar refractivity (Wildman–Crippen MR) is 110 cm³/mol. The van der Waals surface area contributed by atoms with Gasteiger partial charge in [-0.3, -0.25) is 9.36 Å². The monoisotopic (exact) mass is 408 g/mol. The number of hydrogen-bond donors (Lipinski definition) is 0. The van der Waals surface area contributed by atoms with Crippen LogP contribution in [-0.2, 0) is 23.1 Å². The summed E-state index contributed by atoms with van der Waals surface area (Å²) in [5.74, 6) is -0.0398. The molecule has 6 nitrogen and oxygen atoms in total. The highest BCUT2D eigenvalue weighted by Crippen LogP contribution is 2.48. The minimum atomic E-state index is -3.26. The Bertz CT molecular complexity index is 840. The minimum absolute atomic E-state index is 0.0324. The zero-order valence-corrected chi connectivity index (χ0v) is 18.0. The molecule has 0 saturated heterocycles. The third-order valence-corrected chi connectivity index (χ3v) is 6.64. The lowest BCUT2D eigenvalue weighted by Gasteiger charge is -2.22. The van der Waals surface area contributed by atoms with Crippen molar-refractivity contribution in [3.8, 4) is 5.75 Å². The van der Waals surface area contributed by atoms with E-state index in [0.29, 0.717) is 0 Å². The van der Waals surface area contributed by atoms with E-state index in [0.717, 1.165) is 22.1 Å². The first kappa shape index (κ1) is 22.4. The number of ether oxygens (including phenoxy) is 2. The number of carbonyl (C=O) groups is 1. The summed E-state index contributed by atoms with van der Waals surface area (Å²) in [6.45, 7) is 7.54. The fraction of sp³-hybridized carbons (Fsp3) is 0.476. The highest BCUT2D eigenvalue weighted by Gasteiger charge is 2.29. The van der Waals surface area contributed by atoms with Crippen molar-refractivity contribution >= 4 is 24.3 Å². The molecule has 2 aromatic rings. The Morgan fingerprint density at radius 3 is 2.21 bits per heavy atom. The van der Waals surface area contributed by atoms with Crippen LogP contribution in [0.2, 0.25) is 0 Å². The summed E-state index contributed by atoms with van der Waals surface area (Å²) in [6, 6.07) is 11.6. The van der Waals surface area contributed by atoms with Crippen molar-refractivity contribution in [3.05, 3.63) is 42.0 Å². The SMILES string of the molecule is CCOP(=O)(C[C@H](C)OC(=O)[C@@H](C)c1ccc2cc(OC)ccc2c1)OCC. The molecule has 2 aromatic carbocycles. The molecular formula is C21H29O6P. The number of rotatable bonds is 10. The average Bonchev–Trinajstić information content (AvgIpc) is 2.66.